The van der Waals surface area contributed by atoms with Crippen LogP contribution in [0.3, 0.4) is 0 Å². The van der Waals surface area contributed by atoms with Gasteiger partial charge in [0.2, 0.25) is 0 Å². The van der Waals surface area contributed by atoms with Crippen LogP contribution in [0.2, 0.25) is 0 Å². The monoisotopic (exact) mass is 522 g/mol. The van der Waals surface area contributed by atoms with E-state index in [9.17, 15) is 5.26 Å². The summed E-state index contributed by atoms with van der Waals surface area (Å²) in [5, 5.41) is 10.2. The summed E-state index contributed by atoms with van der Waals surface area (Å²) < 4.78 is 6.20. The number of rotatable bonds is 12. The Hall–Kier alpha value is -3.46. The molecule has 0 aliphatic carbocycles. The summed E-state index contributed by atoms with van der Waals surface area (Å²) in [6, 6.07) is 27.3. The molecule has 0 N–H and O–H groups in total. The highest BCUT2D eigenvalue weighted by atomic mass is 16.5. The minimum absolute atomic E-state index is 0.279. The predicted octanol–water partition coefficient (Wildman–Crippen LogP) is 6.45. The molecule has 1 aliphatic rings. The Balaban J connectivity index is 1.21. The fourth-order valence-corrected chi connectivity index (χ4v) is 5.44. The number of benzene rings is 2. The number of nitrogens with zero attached hydrogens (tertiary/aromatic N) is 4. The molecule has 0 spiro atoms. The first-order chi connectivity index (χ1) is 19.0. The smallest absolute Gasteiger partial charge is 0.126 e. The van der Waals surface area contributed by atoms with E-state index >= 15 is 0 Å². The van der Waals surface area contributed by atoms with Crippen molar-refractivity contribution in [3.63, 3.8) is 0 Å². The minimum atomic E-state index is -0.414. The number of hydrogen-bond donors (Lipinski definition) is 0. The van der Waals surface area contributed by atoms with Gasteiger partial charge in [0.15, 0.2) is 0 Å². The molecule has 1 atom stereocenters. The van der Waals surface area contributed by atoms with Gasteiger partial charge < -0.3 is 9.64 Å². The van der Waals surface area contributed by atoms with E-state index in [-0.39, 0.29) is 5.92 Å². The van der Waals surface area contributed by atoms with E-state index < -0.39 is 5.41 Å². The summed E-state index contributed by atoms with van der Waals surface area (Å²) in [5.74, 6) is 1.19. The number of aryl methyl sites for hydroxylation is 1. The summed E-state index contributed by atoms with van der Waals surface area (Å²) in [5.41, 5.74) is 3.76. The van der Waals surface area contributed by atoms with Crippen LogP contribution in [-0.2, 0) is 5.41 Å². The van der Waals surface area contributed by atoms with Crippen molar-refractivity contribution >= 4 is 12.2 Å². The second-order valence-corrected chi connectivity index (χ2v) is 10.8. The Morgan fingerprint density at radius 1 is 0.897 bits per heavy atom. The zero-order chi connectivity index (χ0) is 27.5. The number of piperazine rings is 1. The van der Waals surface area contributed by atoms with Crippen LogP contribution < -0.4 is 4.74 Å². The molecule has 0 bridgehead atoms. The average molecular weight is 523 g/mol. The van der Waals surface area contributed by atoms with E-state index in [2.05, 4.69) is 59.0 Å². The lowest BCUT2D eigenvalue weighted by molar-refractivity contribution is 0.114. The van der Waals surface area contributed by atoms with Crippen molar-refractivity contribution in [2.24, 2.45) is 5.92 Å². The number of nitriles is 1. The van der Waals surface area contributed by atoms with Crippen LogP contribution in [0, 0.1) is 24.2 Å². The van der Waals surface area contributed by atoms with Crippen LogP contribution in [-0.4, -0.2) is 60.7 Å². The molecule has 5 heteroatoms. The van der Waals surface area contributed by atoms with E-state index in [1.807, 2.05) is 67.6 Å². The largest absolute Gasteiger partial charge is 0.492 e. The third-order valence-electron chi connectivity index (χ3n) is 7.91. The van der Waals surface area contributed by atoms with E-state index in [0.717, 1.165) is 80.4 Å². The molecular formula is C34H42N4O. The van der Waals surface area contributed by atoms with Crippen LogP contribution in [0.1, 0.15) is 49.2 Å². The summed E-state index contributed by atoms with van der Waals surface area (Å²) >= 11 is 0. The fraction of sp³-hybridized carbons (Fsp3) is 0.412. The lowest BCUT2D eigenvalue weighted by Crippen LogP contribution is -2.47. The quantitative estimate of drug-likeness (QED) is 0.273. The SMILES string of the molecule is Cc1cccc(/C=C/c2ccccc2OCCN2CCN(CCCC(C#N)(c3ccccc3)C(C)C)CC2)n1. The van der Waals surface area contributed by atoms with Crippen molar-refractivity contribution in [3.8, 4) is 11.8 Å². The molecule has 5 nitrogen and oxygen atoms in total. The zero-order valence-electron chi connectivity index (χ0n) is 23.7. The summed E-state index contributed by atoms with van der Waals surface area (Å²) in [7, 11) is 0. The van der Waals surface area contributed by atoms with Gasteiger partial charge >= 0.3 is 0 Å². The third kappa shape index (κ3) is 7.79. The molecule has 0 radical (unpaired) electrons. The average Bonchev–Trinajstić information content (AvgIpc) is 2.96. The molecule has 39 heavy (non-hydrogen) atoms. The molecule has 4 rings (SSSR count). The molecule has 0 amide bonds. The Bertz CT molecular complexity index is 1240. The molecule has 2 aromatic carbocycles. The van der Waals surface area contributed by atoms with Crippen molar-refractivity contribution in [3.05, 3.63) is 95.3 Å². The van der Waals surface area contributed by atoms with Crippen molar-refractivity contribution in [2.45, 2.75) is 39.0 Å². The van der Waals surface area contributed by atoms with Crippen molar-refractivity contribution < 1.29 is 4.74 Å². The van der Waals surface area contributed by atoms with Crippen molar-refractivity contribution in [1.82, 2.24) is 14.8 Å². The number of aromatic nitrogens is 1. The molecule has 2 heterocycles. The second kappa shape index (κ2) is 14.1. The van der Waals surface area contributed by atoms with Gasteiger partial charge in [-0.1, -0.05) is 68.4 Å². The summed E-state index contributed by atoms with van der Waals surface area (Å²) in [6.45, 7) is 13.2. The number of ether oxygens (including phenoxy) is 1. The minimum Gasteiger partial charge on any atom is -0.492 e. The fourth-order valence-electron chi connectivity index (χ4n) is 5.44. The van der Waals surface area contributed by atoms with Crippen LogP contribution in [0.25, 0.3) is 12.2 Å². The van der Waals surface area contributed by atoms with Gasteiger partial charge in [0.05, 0.1) is 17.2 Å². The van der Waals surface area contributed by atoms with Gasteiger partial charge in [-0.15, -0.1) is 0 Å². The van der Waals surface area contributed by atoms with Crippen LogP contribution in [0.15, 0.2) is 72.8 Å². The van der Waals surface area contributed by atoms with Gasteiger partial charge in [0.25, 0.3) is 0 Å². The third-order valence-corrected chi connectivity index (χ3v) is 7.91. The Kier molecular flexibility index (Phi) is 10.3. The number of hydrogen-bond acceptors (Lipinski definition) is 5. The molecule has 1 saturated heterocycles. The lowest BCUT2D eigenvalue weighted by Gasteiger charge is -2.36. The predicted molar refractivity (Wildman–Crippen MR) is 161 cm³/mol. The Morgan fingerprint density at radius 3 is 2.28 bits per heavy atom. The summed E-state index contributed by atoms with van der Waals surface area (Å²) in [6.07, 6.45) is 6.04. The van der Waals surface area contributed by atoms with E-state index in [4.69, 9.17) is 4.74 Å². The highest BCUT2D eigenvalue weighted by Crippen LogP contribution is 2.36. The first kappa shape index (κ1) is 28.5. The van der Waals surface area contributed by atoms with Gasteiger partial charge in [0.1, 0.15) is 12.4 Å². The van der Waals surface area contributed by atoms with Gasteiger partial charge in [-0.05, 0) is 68.1 Å². The van der Waals surface area contributed by atoms with Crippen LogP contribution in [0.4, 0.5) is 0 Å². The molecule has 3 aromatic rings. The molecule has 1 aliphatic heterocycles. The number of pyridine rings is 1. The topological polar surface area (TPSA) is 52.4 Å². The van der Waals surface area contributed by atoms with Crippen LogP contribution in [0.5, 0.6) is 5.75 Å². The highest BCUT2D eigenvalue weighted by Gasteiger charge is 2.35. The Labute approximate surface area is 234 Å². The van der Waals surface area contributed by atoms with Crippen LogP contribution >= 0.6 is 0 Å². The van der Waals surface area contributed by atoms with E-state index in [1.165, 1.54) is 0 Å². The van der Waals surface area contributed by atoms with Crippen molar-refractivity contribution in [1.29, 1.82) is 5.26 Å². The Morgan fingerprint density at radius 2 is 1.59 bits per heavy atom. The van der Waals surface area contributed by atoms with Gasteiger partial charge in [-0.25, -0.2) is 0 Å². The highest BCUT2D eigenvalue weighted by molar-refractivity contribution is 5.71. The van der Waals surface area contributed by atoms with Gasteiger partial charge in [0, 0.05) is 44.0 Å². The van der Waals surface area contributed by atoms with Crippen molar-refractivity contribution in [2.75, 3.05) is 45.9 Å². The standard InChI is InChI=1S/C34H42N4O/c1-28(2)34(27-35,31-13-5-4-6-14-31)19-10-20-37-21-23-38(24-22-37)25-26-39-33-16-8-7-12-30(33)17-18-32-15-9-11-29(3)36-32/h4-9,11-18,28H,10,19-26H2,1-3H3/b18-17+. The molecule has 204 valence electrons. The second-order valence-electron chi connectivity index (χ2n) is 10.8. The molecular weight excluding hydrogens is 480 g/mol. The molecule has 1 aromatic heterocycles. The first-order valence-corrected chi connectivity index (χ1v) is 14.3. The molecule has 1 fully saturated rings. The van der Waals surface area contributed by atoms with Gasteiger partial charge in [-0.3, -0.25) is 9.88 Å². The maximum absolute atomic E-state index is 10.2. The normalized spacial score (nSPS) is 16.3. The summed E-state index contributed by atoms with van der Waals surface area (Å²) in [4.78, 5) is 9.59. The maximum Gasteiger partial charge on any atom is 0.126 e. The van der Waals surface area contributed by atoms with E-state index in [0.29, 0.717) is 6.61 Å². The first-order valence-electron chi connectivity index (χ1n) is 14.3. The molecule has 1 unspecified atom stereocenters. The maximum atomic E-state index is 10.2. The van der Waals surface area contributed by atoms with Gasteiger partial charge in [-0.2, -0.15) is 5.26 Å². The van der Waals surface area contributed by atoms with E-state index in [1.54, 1.807) is 0 Å². The zero-order valence-corrected chi connectivity index (χ0v) is 23.7. The molecule has 0 saturated carbocycles. The lowest BCUT2D eigenvalue weighted by atomic mass is 9.70. The number of para-hydroxylation sites is 1.